The first-order valence-corrected chi connectivity index (χ1v) is 6.36. The molecule has 1 aromatic rings. The maximum Gasteiger partial charge on any atom is 0.249 e. The van der Waals surface area contributed by atoms with Crippen LogP contribution in [0.25, 0.3) is 0 Å². The summed E-state index contributed by atoms with van der Waals surface area (Å²) < 4.78 is 0. The van der Waals surface area contributed by atoms with E-state index in [9.17, 15) is 4.79 Å². The average Bonchev–Trinajstić information content (AvgIpc) is 3.10. The van der Waals surface area contributed by atoms with Crippen LogP contribution in [0.1, 0.15) is 35.2 Å². The zero-order valence-electron chi connectivity index (χ0n) is 10.5. The van der Waals surface area contributed by atoms with E-state index in [-0.39, 0.29) is 17.9 Å². The molecular weight excluding hydrogens is 228 g/mol. The standard InChI is InChI=1S/C14H20N2O2/c15-13(18)12-4-2-1-3-11(12)9-16-10-14(5-6-14)7-8-17/h1-4,16-17H,5-10H2,(H2,15,18). The lowest BCUT2D eigenvalue weighted by atomic mass is 10.0. The lowest BCUT2D eigenvalue weighted by Gasteiger charge is -2.15. The van der Waals surface area contributed by atoms with Crippen LogP contribution in [0.15, 0.2) is 24.3 Å². The molecule has 1 saturated carbocycles. The van der Waals surface area contributed by atoms with Gasteiger partial charge in [0.2, 0.25) is 5.91 Å². The van der Waals surface area contributed by atoms with Crippen LogP contribution in [0.4, 0.5) is 0 Å². The number of aliphatic hydroxyl groups excluding tert-OH is 1. The third-order valence-electron chi connectivity index (χ3n) is 3.70. The van der Waals surface area contributed by atoms with Crippen molar-refractivity contribution >= 4 is 5.91 Å². The molecular formula is C14H20N2O2. The molecule has 0 heterocycles. The van der Waals surface area contributed by atoms with E-state index < -0.39 is 0 Å². The van der Waals surface area contributed by atoms with Gasteiger partial charge in [-0.2, -0.15) is 0 Å². The van der Waals surface area contributed by atoms with Crippen LogP contribution in [-0.2, 0) is 6.54 Å². The summed E-state index contributed by atoms with van der Waals surface area (Å²) in [6.45, 7) is 1.78. The molecule has 0 bridgehead atoms. The minimum Gasteiger partial charge on any atom is -0.396 e. The summed E-state index contributed by atoms with van der Waals surface area (Å²) in [4.78, 5) is 11.3. The zero-order chi connectivity index (χ0) is 13.0. The van der Waals surface area contributed by atoms with Gasteiger partial charge in [-0.25, -0.2) is 0 Å². The molecule has 18 heavy (non-hydrogen) atoms. The van der Waals surface area contributed by atoms with E-state index in [4.69, 9.17) is 10.8 Å². The highest BCUT2D eigenvalue weighted by atomic mass is 16.3. The first-order chi connectivity index (χ1) is 8.67. The third-order valence-corrected chi connectivity index (χ3v) is 3.70. The fourth-order valence-corrected chi connectivity index (χ4v) is 2.31. The number of nitrogens with one attached hydrogen (secondary N) is 1. The van der Waals surface area contributed by atoms with E-state index in [0.29, 0.717) is 12.1 Å². The Balaban J connectivity index is 1.89. The molecule has 4 N–H and O–H groups in total. The molecule has 1 aromatic carbocycles. The molecule has 4 heteroatoms. The molecule has 1 amide bonds. The van der Waals surface area contributed by atoms with E-state index in [0.717, 1.165) is 18.5 Å². The van der Waals surface area contributed by atoms with Gasteiger partial charge in [0.05, 0.1) is 0 Å². The summed E-state index contributed by atoms with van der Waals surface area (Å²) in [7, 11) is 0. The number of amides is 1. The SMILES string of the molecule is NC(=O)c1ccccc1CNCC1(CCO)CC1. The molecule has 1 aliphatic rings. The molecule has 1 fully saturated rings. The van der Waals surface area contributed by atoms with Crippen molar-refractivity contribution in [3.8, 4) is 0 Å². The maximum atomic E-state index is 11.3. The van der Waals surface area contributed by atoms with Gasteiger partial charge in [-0.3, -0.25) is 4.79 Å². The predicted molar refractivity (Wildman–Crippen MR) is 70.0 cm³/mol. The first-order valence-electron chi connectivity index (χ1n) is 6.36. The lowest BCUT2D eigenvalue weighted by Crippen LogP contribution is -2.26. The summed E-state index contributed by atoms with van der Waals surface area (Å²) >= 11 is 0. The molecule has 4 nitrogen and oxygen atoms in total. The normalized spacial score (nSPS) is 16.5. The summed E-state index contributed by atoms with van der Waals surface area (Å²) in [6, 6.07) is 7.39. The molecule has 0 spiro atoms. The fraction of sp³-hybridized carbons (Fsp3) is 0.500. The molecule has 0 aliphatic heterocycles. The van der Waals surface area contributed by atoms with Crippen molar-refractivity contribution in [2.45, 2.75) is 25.8 Å². The minimum absolute atomic E-state index is 0.250. The monoisotopic (exact) mass is 248 g/mol. The molecule has 1 aliphatic carbocycles. The Labute approximate surface area is 107 Å². The summed E-state index contributed by atoms with van der Waals surface area (Å²) in [6.07, 6.45) is 3.22. The Bertz CT molecular complexity index is 428. The number of carbonyl (C=O) groups is 1. The van der Waals surface area contributed by atoms with Crippen molar-refractivity contribution in [1.82, 2.24) is 5.32 Å². The number of aliphatic hydroxyl groups is 1. The zero-order valence-corrected chi connectivity index (χ0v) is 10.5. The Morgan fingerprint density at radius 2 is 2.11 bits per heavy atom. The van der Waals surface area contributed by atoms with Crippen molar-refractivity contribution in [2.75, 3.05) is 13.2 Å². The topological polar surface area (TPSA) is 75.4 Å². The van der Waals surface area contributed by atoms with Gasteiger partial charge >= 0.3 is 0 Å². The predicted octanol–water partition coefficient (Wildman–Crippen LogP) is 1.04. The van der Waals surface area contributed by atoms with Crippen LogP contribution < -0.4 is 11.1 Å². The molecule has 0 unspecified atom stereocenters. The highest BCUT2D eigenvalue weighted by Gasteiger charge is 2.41. The van der Waals surface area contributed by atoms with Gasteiger partial charge in [-0.05, 0) is 36.3 Å². The van der Waals surface area contributed by atoms with Gasteiger partial charge in [-0.15, -0.1) is 0 Å². The molecule has 0 radical (unpaired) electrons. The van der Waals surface area contributed by atoms with Crippen LogP contribution in [0.3, 0.4) is 0 Å². The second kappa shape index (κ2) is 5.50. The van der Waals surface area contributed by atoms with Crippen LogP contribution >= 0.6 is 0 Å². The van der Waals surface area contributed by atoms with Crippen molar-refractivity contribution in [1.29, 1.82) is 0 Å². The van der Waals surface area contributed by atoms with Gasteiger partial charge in [0.15, 0.2) is 0 Å². The van der Waals surface area contributed by atoms with E-state index in [1.807, 2.05) is 18.2 Å². The van der Waals surface area contributed by atoms with Crippen molar-refractivity contribution in [3.05, 3.63) is 35.4 Å². The second-order valence-corrected chi connectivity index (χ2v) is 5.10. The fourth-order valence-electron chi connectivity index (χ4n) is 2.31. The molecule has 0 atom stereocenters. The number of hydrogen-bond acceptors (Lipinski definition) is 3. The number of nitrogens with two attached hydrogens (primary N) is 1. The molecule has 0 aromatic heterocycles. The maximum absolute atomic E-state index is 11.3. The van der Waals surface area contributed by atoms with E-state index >= 15 is 0 Å². The van der Waals surface area contributed by atoms with E-state index in [1.165, 1.54) is 12.8 Å². The number of hydrogen-bond donors (Lipinski definition) is 3. The van der Waals surface area contributed by atoms with Crippen molar-refractivity contribution in [2.24, 2.45) is 11.1 Å². The van der Waals surface area contributed by atoms with Gasteiger partial charge in [0.1, 0.15) is 0 Å². The highest BCUT2D eigenvalue weighted by molar-refractivity contribution is 5.94. The number of primary amides is 1. The van der Waals surface area contributed by atoms with Crippen LogP contribution in [0.5, 0.6) is 0 Å². The van der Waals surface area contributed by atoms with Crippen molar-refractivity contribution in [3.63, 3.8) is 0 Å². The summed E-state index contributed by atoms with van der Waals surface area (Å²) in [5, 5.41) is 12.4. The molecule has 98 valence electrons. The number of benzene rings is 1. The van der Waals surface area contributed by atoms with Gasteiger partial charge in [-0.1, -0.05) is 18.2 Å². The summed E-state index contributed by atoms with van der Waals surface area (Å²) in [5.74, 6) is -0.385. The lowest BCUT2D eigenvalue weighted by molar-refractivity contribution is 0.0999. The quantitative estimate of drug-likeness (QED) is 0.675. The number of rotatable bonds is 7. The molecule has 0 saturated heterocycles. The van der Waals surface area contributed by atoms with Crippen LogP contribution in [0.2, 0.25) is 0 Å². The van der Waals surface area contributed by atoms with Gasteiger partial charge in [0.25, 0.3) is 0 Å². The first kappa shape index (κ1) is 13.1. The van der Waals surface area contributed by atoms with Crippen LogP contribution in [0, 0.1) is 5.41 Å². The summed E-state index contributed by atoms with van der Waals surface area (Å²) in [5.41, 5.74) is 7.14. The van der Waals surface area contributed by atoms with Gasteiger partial charge in [0, 0.05) is 25.3 Å². The van der Waals surface area contributed by atoms with Crippen LogP contribution in [-0.4, -0.2) is 24.2 Å². The Hall–Kier alpha value is -1.39. The average molecular weight is 248 g/mol. The third kappa shape index (κ3) is 3.09. The highest BCUT2D eigenvalue weighted by Crippen LogP contribution is 2.47. The Morgan fingerprint density at radius 1 is 1.39 bits per heavy atom. The van der Waals surface area contributed by atoms with Gasteiger partial charge < -0.3 is 16.2 Å². The van der Waals surface area contributed by atoms with Crippen molar-refractivity contribution < 1.29 is 9.90 Å². The van der Waals surface area contributed by atoms with E-state index in [1.54, 1.807) is 6.07 Å². The Kier molecular flexibility index (Phi) is 3.99. The molecule has 2 rings (SSSR count). The number of carbonyl (C=O) groups excluding carboxylic acids is 1. The van der Waals surface area contributed by atoms with E-state index in [2.05, 4.69) is 5.32 Å². The smallest absolute Gasteiger partial charge is 0.249 e. The Morgan fingerprint density at radius 3 is 2.72 bits per heavy atom. The minimum atomic E-state index is -0.385. The largest absolute Gasteiger partial charge is 0.396 e. The second-order valence-electron chi connectivity index (χ2n) is 5.10.